The van der Waals surface area contributed by atoms with Crippen molar-refractivity contribution >= 4 is 12.4 Å². The van der Waals surface area contributed by atoms with Gasteiger partial charge in [-0.1, -0.05) is 48.5 Å². The summed E-state index contributed by atoms with van der Waals surface area (Å²) in [6.45, 7) is 6.27. The average molecular weight is 334 g/mol. The maximum absolute atomic E-state index is 5.99. The summed E-state index contributed by atoms with van der Waals surface area (Å²) in [7, 11) is 0. The molecule has 124 valence electrons. The average Bonchev–Trinajstić information content (AvgIpc) is 2.55. The summed E-state index contributed by atoms with van der Waals surface area (Å²) < 4.78 is 11.9. The van der Waals surface area contributed by atoms with Crippen LogP contribution in [0.2, 0.25) is 0 Å². The van der Waals surface area contributed by atoms with Gasteiger partial charge in [-0.2, -0.15) is 0 Å². The molecule has 1 unspecified atom stereocenters. The minimum absolute atomic E-state index is 0. The van der Waals surface area contributed by atoms with Gasteiger partial charge in [0.05, 0.1) is 6.61 Å². The lowest BCUT2D eigenvalue weighted by Gasteiger charge is -2.40. The summed E-state index contributed by atoms with van der Waals surface area (Å²) in [4.78, 5) is 2.44. The molecule has 1 heterocycles. The molecule has 0 aromatic heterocycles. The van der Waals surface area contributed by atoms with Gasteiger partial charge in [0.1, 0.15) is 18.0 Å². The molecule has 3 nitrogen and oxygen atoms in total. The number of hydrogen-bond donors (Lipinski definition) is 0. The van der Waals surface area contributed by atoms with E-state index in [4.69, 9.17) is 9.47 Å². The number of benzene rings is 2. The Hall–Kier alpha value is -1.55. The van der Waals surface area contributed by atoms with Crippen molar-refractivity contribution in [1.29, 1.82) is 0 Å². The highest BCUT2D eigenvalue weighted by molar-refractivity contribution is 5.85. The molecule has 2 aromatic rings. The summed E-state index contributed by atoms with van der Waals surface area (Å²) >= 11 is 0. The zero-order valence-corrected chi connectivity index (χ0v) is 14.3. The molecular formula is C19H24ClNO2. The highest BCUT2D eigenvalue weighted by Crippen LogP contribution is 2.21. The number of hydrogen-bond acceptors (Lipinski definition) is 3. The van der Waals surface area contributed by atoms with Crippen molar-refractivity contribution in [3.8, 4) is 5.75 Å². The fraction of sp³-hybridized carbons (Fsp3) is 0.368. The van der Waals surface area contributed by atoms with E-state index in [9.17, 15) is 0 Å². The first-order valence-electron chi connectivity index (χ1n) is 7.82. The van der Waals surface area contributed by atoms with E-state index in [1.807, 2.05) is 30.3 Å². The number of ether oxygens (including phenoxy) is 2. The number of halogens is 1. The van der Waals surface area contributed by atoms with Gasteiger partial charge in [0, 0.05) is 19.6 Å². The zero-order chi connectivity index (χ0) is 15.3. The molecule has 0 aliphatic carbocycles. The molecule has 4 heteroatoms. The summed E-state index contributed by atoms with van der Waals surface area (Å²) in [5, 5.41) is 0. The van der Waals surface area contributed by atoms with E-state index < -0.39 is 0 Å². The summed E-state index contributed by atoms with van der Waals surface area (Å²) in [6, 6.07) is 20.5. The second-order valence-corrected chi connectivity index (χ2v) is 6.10. The molecule has 23 heavy (non-hydrogen) atoms. The van der Waals surface area contributed by atoms with Crippen molar-refractivity contribution in [2.45, 2.75) is 19.1 Å². The minimum atomic E-state index is -0.261. The van der Waals surface area contributed by atoms with E-state index in [0.717, 1.165) is 32.0 Å². The number of morpholine rings is 1. The van der Waals surface area contributed by atoms with Crippen LogP contribution in [0.3, 0.4) is 0 Å². The Morgan fingerprint density at radius 3 is 2.39 bits per heavy atom. The van der Waals surface area contributed by atoms with Crippen LogP contribution < -0.4 is 4.74 Å². The van der Waals surface area contributed by atoms with Gasteiger partial charge in [0.2, 0.25) is 0 Å². The maximum Gasteiger partial charge on any atom is 0.119 e. The Bertz CT molecular complexity index is 578. The predicted molar refractivity (Wildman–Crippen MR) is 95.3 cm³/mol. The maximum atomic E-state index is 5.99. The van der Waals surface area contributed by atoms with Crippen LogP contribution in [-0.2, 0) is 11.3 Å². The number of rotatable bonds is 5. The molecule has 0 amide bonds. The molecule has 3 rings (SSSR count). The molecule has 1 aliphatic rings. The van der Waals surface area contributed by atoms with E-state index in [2.05, 4.69) is 42.2 Å². The lowest BCUT2D eigenvalue weighted by molar-refractivity contribution is -0.118. The van der Waals surface area contributed by atoms with Crippen LogP contribution in [0.15, 0.2) is 60.7 Å². The Labute approximate surface area is 144 Å². The Morgan fingerprint density at radius 2 is 1.70 bits per heavy atom. The fourth-order valence-corrected chi connectivity index (χ4v) is 2.84. The van der Waals surface area contributed by atoms with Crippen LogP contribution in [0, 0.1) is 0 Å². The SMILES string of the molecule is CC1(COc2ccccc2)CN(Cc2ccccc2)CCO1.Cl. The molecule has 0 radical (unpaired) electrons. The summed E-state index contributed by atoms with van der Waals surface area (Å²) in [5.74, 6) is 0.896. The van der Waals surface area contributed by atoms with Crippen molar-refractivity contribution in [3.63, 3.8) is 0 Å². The largest absolute Gasteiger partial charge is 0.491 e. The molecular weight excluding hydrogens is 310 g/mol. The van der Waals surface area contributed by atoms with Crippen molar-refractivity contribution < 1.29 is 9.47 Å². The van der Waals surface area contributed by atoms with Crippen LogP contribution in [0.5, 0.6) is 5.75 Å². The van der Waals surface area contributed by atoms with Crippen LogP contribution in [0.1, 0.15) is 12.5 Å². The van der Waals surface area contributed by atoms with Gasteiger partial charge < -0.3 is 9.47 Å². The topological polar surface area (TPSA) is 21.7 Å². The first-order chi connectivity index (χ1) is 10.7. The van der Waals surface area contributed by atoms with Gasteiger partial charge in [0.15, 0.2) is 0 Å². The van der Waals surface area contributed by atoms with Gasteiger partial charge >= 0.3 is 0 Å². The smallest absolute Gasteiger partial charge is 0.119 e. The third-order valence-electron chi connectivity index (χ3n) is 3.95. The van der Waals surface area contributed by atoms with E-state index in [0.29, 0.717) is 6.61 Å². The lowest BCUT2D eigenvalue weighted by atomic mass is 10.0. The fourth-order valence-electron chi connectivity index (χ4n) is 2.84. The normalized spacial score (nSPS) is 21.4. The summed E-state index contributed by atoms with van der Waals surface area (Å²) in [5.41, 5.74) is 1.08. The van der Waals surface area contributed by atoms with Gasteiger partial charge in [0.25, 0.3) is 0 Å². The second kappa shape index (κ2) is 8.34. The Kier molecular flexibility index (Phi) is 6.46. The van der Waals surface area contributed by atoms with E-state index in [1.54, 1.807) is 0 Å². The van der Waals surface area contributed by atoms with Crippen molar-refractivity contribution in [2.75, 3.05) is 26.3 Å². The number of para-hydroxylation sites is 1. The predicted octanol–water partition coefficient (Wildman–Crippen LogP) is 3.78. The quantitative estimate of drug-likeness (QED) is 0.831. The molecule has 0 spiro atoms. The van der Waals surface area contributed by atoms with E-state index >= 15 is 0 Å². The highest BCUT2D eigenvalue weighted by atomic mass is 35.5. The van der Waals surface area contributed by atoms with Gasteiger partial charge in [-0.05, 0) is 24.6 Å². The molecule has 0 bridgehead atoms. The van der Waals surface area contributed by atoms with Crippen molar-refractivity contribution in [3.05, 3.63) is 66.2 Å². The van der Waals surface area contributed by atoms with Gasteiger partial charge in [-0.15, -0.1) is 12.4 Å². The van der Waals surface area contributed by atoms with Crippen LogP contribution in [-0.4, -0.2) is 36.8 Å². The van der Waals surface area contributed by atoms with Gasteiger partial charge in [-0.25, -0.2) is 0 Å². The molecule has 1 fully saturated rings. The number of nitrogens with zero attached hydrogens (tertiary/aromatic N) is 1. The zero-order valence-electron chi connectivity index (χ0n) is 13.5. The van der Waals surface area contributed by atoms with Crippen molar-refractivity contribution in [2.24, 2.45) is 0 Å². The highest BCUT2D eigenvalue weighted by Gasteiger charge is 2.33. The Morgan fingerprint density at radius 1 is 1.04 bits per heavy atom. The first-order valence-corrected chi connectivity index (χ1v) is 7.82. The van der Waals surface area contributed by atoms with E-state index in [-0.39, 0.29) is 18.0 Å². The molecule has 1 aliphatic heterocycles. The van der Waals surface area contributed by atoms with Crippen LogP contribution >= 0.6 is 12.4 Å². The minimum Gasteiger partial charge on any atom is -0.491 e. The van der Waals surface area contributed by atoms with Crippen molar-refractivity contribution in [1.82, 2.24) is 4.90 Å². The second-order valence-electron chi connectivity index (χ2n) is 6.10. The third-order valence-corrected chi connectivity index (χ3v) is 3.95. The third kappa shape index (κ3) is 5.24. The van der Waals surface area contributed by atoms with E-state index in [1.165, 1.54) is 5.56 Å². The molecule has 1 saturated heterocycles. The summed E-state index contributed by atoms with van der Waals surface area (Å²) in [6.07, 6.45) is 0. The monoisotopic (exact) mass is 333 g/mol. The molecule has 0 N–H and O–H groups in total. The molecule has 2 aromatic carbocycles. The molecule has 1 atom stereocenters. The van der Waals surface area contributed by atoms with Crippen LogP contribution in [0.4, 0.5) is 0 Å². The van der Waals surface area contributed by atoms with Crippen LogP contribution in [0.25, 0.3) is 0 Å². The Balaban J connectivity index is 0.00000192. The lowest BCUT2D eigenvalue weighted by Crippen LogP contribution is -2.52. The van der Waals surface area contributed by atoms with Gasteiger partial charge in [-0.3, -0.25) is 4.90 Å². The first kappa shape index (κ1) is 17.8. The standard InChI is InChI=1S/C19H23NO2.ClH/c1-19(16-21-18-10-6-3-7-11-18)15-20(12-13-22-19)14-17-8-4-2-5-9-17;/h2-11H,12-16H2,1H3;1H. The molecule has 0 saturated carbocycles.